The number of hydrogen-bond acceptors (Lipinski definition) is 3. The quantitative estimate of drug-likeness (QED) is 0.795. The summed E-state index contributed by atoms with van der Waals surface area (Å²) >= 11 is 1.89. The summed E-state index contributed by atoms with van der Waals surface area (Å²) < 4.78 is 6.14. The molecule has 0 atom stereocenters. The Kier molecular flexibility index (Phi) is 4.97. The van der Waals surface area contributed by atoms with Crippen LogP contribution in [0.5, 0.6) is 0 Å². The van der Waals surface area contributed by atoms with Crippen molar-refractivity contribution in [3.63, 3.8) is 0 Å². The van der Waals surface area contributed by atoms with Gasteiger partial charge < -0.3 is 4.74 Å². The standard InChI is InChI=1S/C19H25NOS/c1-20(2)19(18-9-6-14-22-18)12-10-17(11-13-19)21-15-16-7-4-3-5-8-16/h3-9,14,17H,10-13,15H2,1-2H3. The van der Waals surface area contributed by atoms with Gasteiger partial charge in [-0.3, -0.25) is 4.90 Å². The maximum absolute atomic E-state index is 6.14. The molecular formula is C19H25NOS. The fourth-order valence-electron chi connectivity index (χ4n) is 3.48. The van der Waals surface area contributed by atoms with Crippen molar-refractivity contribution in [2.75, 3.05) is 14.1 Å². The smallest absolute Gasteiger partial charge is 0.0720 e. The number of hydrogen-bond donors (Lipinski definition) is 0. The van der Waals surface area contributed by atoms with Gasteiger partial charge in [0.05, 0.1) is 18.2 Å². The topological polar surface area (TPSA) is 12.5 Å². The highest BCUT2D eigenvalue weighted by Gasteiger charge is 2.39. The molecule has 2 aromatic rings. The van der Waals surface area contributed by atoms with Crippen LogP contribution >= 0.6 is 11.3 Å². The van der Waals surface area contributed by atoms with Crippen molar-refractivity contribution in [2.24, 2.45) is 0 Å². The van der Waals surface area contributed by atoms with Gasteiger partial charge in [0.1, 0.15) is 0 Å². The molecule has 0 amide bonds. The van der Waals surface area contributed by atoms with E-state index in [1.807, 2.05) is 11.3 Å². The van der Waals surface area contributed by atoms with Gasteiger partial charge in [0.2, 0.25) is 0 Å². The molecule has 1 aromatic carbocycles. The van der Waals surface area contributed by atoms with Gasteiger partial charge in [-0.2, -0.15) is 0 Å². The van der Waals surface area contributed by atoms with Crippen LogP contribution in [0, 0.1) is 0 Å². The lowest BCUT2D eigenvalue weighted by Gasteiger charge is -2.44. The summed E-state index contributed by atoms with van der Waals surface area (Å²) in [6.07, 6.45) is 5.04. The molecular weight excluding hydrogens is 290 g/mol. The molecule has 1 aliphatic carbocycles. The SMILES string of the molecule is CN(C)C1(c2cccs2)CCC(OCc2ccccc2)CC1. The van der Waals surface area contributed by atoms with Gasteiger partial charge >= 0.3 is 0 Å². The second kappa shape index (κ2) is 6.95. The van der Waals surface area contributed by atoms with Gasteiger partial charge in [0.25, 0.3) is 0 Å². The molecule has 2 nitrogen and oxygen atoms in total. The molecule has 3 rings (SSSR count). The Morgan fingerprint density at radius 1 is 1.09 bits per heavy atom. The van der Waals surface area contributed by atoms with Gasteiger partial charge in [0.15, 0.2) is 0 Å². The molecule has 1 aliphatic rings. The monoisotopic (exact) mass is 315 g/mol. The van der Waals surface area contributed by atoms with E-state index in [9.17, 15) is 0 Å². The molecule has 0 radical (unpaired) electrons. The molecule has 3 heteroatoms. The second-order valence-electron chi connectivity index (χ2n) is 6.40. The highest BCUT2D eigenvalue weighted by molar-refractivity contribution is 7.10. The number of benzene rings is 1. The largest absolute Gasteiger partial charge is 0.374 e. The fraction of sp³-hybridized carbons (Fsp3) is 0.474. The van der Waals surface area contributed by atoms with Crippen LogP contribution in [-0.4, -0.2) is 25.1 Å². The highest BCUT2D eigenvalue weighted by atomic mass is 32.1. The van der Waals surface area contributed by atoms with Gasteiger partial charge in [-0.15, -0.1) is 11.3 Å². The number of nitrogens with zero attached hydrogens (tertiary/aromatic N) is 1. The first kappa shape index (κ1) is 15.7. The molecule has 0 aliphatic heterocycles. The summed E-state index contributed by atoms with van der Waals surface area (Å²) in [6.45, 7) is 0.736. The predicted octanol–water partition coefficient (Wildman–Crippen LogP) is 4.66. The minimum atomic E-state index is 0.209. The Bertz CT molecular complexity index is 556. The fourth-order valence-corrected chi connectivity index (χ4v) is 4.55. The Balaban J connectivity index is 1.59. The first-order chi connectivity index (χ1) is 10.7. The van der Waals surface area contributed by atoms with E-state index in [-0.39, 0.29) is 5.54 Å². The van der Waals surface area contributed by atoms with Crippen LogP contribution in [0.3, 0.4) is 0 Å². The summed E-state index contributed by atoms with van der Waals surface area (Å²) in [5.41, 5.74) is 1.48. The minimum absolute atomic E-state index is 0.209. The summed E-state index contributed by atoms with van der Waals surface area (Å²) in [4.78, 5) is 3.91. The molecule has 1 saturated carbocycles. The van der Waals surface area contributed by atoms with Crippen molar-refractivity contribution in [1.29, 1.82) is 0 Å². The molecule has 1 heterocycles. The first-order valence-electron chi connectivity index (χ1n) is 8.08. The van der Waals surface area contributed by atoms with E-state index in [0.717, 1.165) is 19.4 Å². The molecule has 1 aromatic heterocycles. The van der Waals surface area contributed by atoms with E-state index in [0.29, 0.717) is 6.10 Å². The predicted molar refractivity (Wildman–Crippen MR) is 93.2 cm³/mol. The molecule has 0 saturated heterocycles. The molecule has 1 fully saturated rings. The minimum Gasteiger partial charge on any atom is -0.374 e. The van der Waals surface area contributed by atoms with Crippen molar-refractivity contribution in [2.45, 2.75) is 43.9 Å². The Morgan fingerprint density at radius 2 is 1.82 bits per heavy atom. The van der Waals surface area contributed by atoms with Crippen molar-refractivity contribution >= 4 is 11.3 Å². The van der Waals surface area contributed by atoms with Crippen LogP contribution in [0.25, 0.3) is 0 Å². The van der Waals surface area contributed by atoms with E-state index in [4.69, 9.17) is 4.74 Å². The van der Waals surface area contributed by atoms with Crippen LogP contribution in [0.4, 0.5) is 0 Å². The summed E-state index contributed by atoms with van der Waals surface area (Å²) in [5, 5.41) is 2.19. The maximum Gasteiger partial charge on any atom is 0.0720 e. The lowest BCUT2D eigenvalue weighted by atomic mass is 9.78. The second-order valence-corrected chi connectivity index (χ2v) is 7.35. The van der Waals surface area contributed by atoms with Crippen molar-refractivity contribution in [1.82, 2.24) is 4.90 Å². The van der Waals surface area contributed by atoms with Gasteiger partial charge in [0, 0.05) is 4.88 Å². The van der Waals surface area contributed by atoms with Gasteiger partial charge in [-0.05, 0) is 56.8 Å². The van der Waals surface area contributed by atoms with E-state index >= 15 is 0 Å². The Morgan fingerprint density at radius 3 is 2.41 bits per heavy atom. The molecule has 0 spiro atoms. The molecule has 0 bridgehead atoms. The zero-order valence-electron chi connectivity index (χ0n) is 13.5. The number of thiophene rings is 1. The van der Waals surface area contributed by atoms with E-state index < -0.39 is 0 Å². The average molecular weight is 315 g/mol. The molecule has 22 heavy (non-hydrogen) atoms. The normalized spacial score (nSPS) is 25.5. The number of ether oxygens (including phenoxy) is 1. The van der Waals surface area contributed by atoms with Crippen LogP contribution in [0.15, 0.2) is 47.8 Å². The lowest BCUT2D eigenvalue weighted by molar-refractivity contribution is -0.0238. The Hall–Kier alpha value is -1.16. The molecule has 0 N–H and O–H groups in total. The van der Waals surface area contributed by atoms with E-state index in [1.165, 1.54) is 23.3 Å². The van der Waals surface area contributed by atoms with Crippen LogP contribution in [0.1, 0.15) is 36.1 Å². The van der Waals surface area contributed by atoms with Crippen molar-refractivity contribution < 1.29 is 4.74 Å². The van der Waals surface area contributed by atoms with Crippen LogP contribution < -0.4 is 0 Å². The average Bonchev–Trinajstić information content (AvgIpc) is 3.09. The highest BCUT2D eigenvalue weighted by Crippen LogP contribution is 2.43. The van der Waals surface area contributed by atoms with Crippen LogP contribution in [-0.2, 0) is 16.9 Å². The Labute approximate surface area is 137 Å². The van der Waals surface area contributed by atoms with E-state index in [2.05, 4.69) is 66.8 Å². The van der Waals surface area contributed by atoms with Gasteiger partial charge in [-0.1, -0.05) is 36.4 Å². The third-order valence-corrected chi connectivity index (χ3v) is 5.99. The van der Waals surface area contributed by atoms with Gasteiger partial charge in [-0.25, -0.2) is 0 Å². The van der Waals surface area contributed by atoms with Crippen molar-refractivity contribution in [3.05, 3.63) is 58.3 Å². The first-order valence-corrected chi connectivity index (χ1v) is 8.96. The summed E-state index contributed by atoms with van der Waals surface area (Å²) in [7, 11) is 4.43. The number of rotatable bonds is 5. The summed E-state index contributed by atoms with van der Waals surface area (Å²) in [5.74, 6) is 0. The summed E-state index contributed by atoms with van der Waals surface area (Å²) in [6, 6.07) is 14.9. The lowest BCUT2D eigenvalue weighted by Crippen LogP contribution is -2.45. The maximum atomic E-state index is 6.14. The van der Waals surface area contributed by atoms with E-state index in [1.54, 1.807) is 0 Å². The third-order valence-electron chi connectivity index (χ3n) is 4.92. The zero-order chi connectivity index (χ0) is 15.4. The molecule has 118 valence electrons. The molecule has 0 unspecified atom stereocenters. The zero-order valence-corrected chi connectivity index (χ0v) is 14.3. The third kappa shape index (κ3) is 3.27. The van der Waals surface area contributed by atoms with Crippen molar-refractivity contribution in [3.8, 4) is 0 Å². The van der Waals surface area contributed by atoms with Crippen LogP contribution in [0.2, 0.25) is 0 Å².